The third-order valence-corrected chi connectivity index (χ3v) is 4.28. The lowest BCUT2D eigenvalue weighted by atomic mass is 10.2. The molecule has 3 aromatic rings. The summed E-state index contributed by atoms with van der Waals surface area (Å²) < 4.78 is 4.11. The molecule has 0 spiro atoms. The van der Waals surface area contributed by atoms with E-state index in [-0.39, 0.29) is 6.61 Å². The van der Waals surface area contributed by atoms with E-state index in [1.165, 1.54) is 0 Å². The Labute approximate surface area is 128 Å². The zero-order valence-electron chi connectivity index (χ0n) is 12.2. The van der Waals surface area contributed by atoms with Gasteiger partial charge in [0.25, 0.3) is 0 Å². The zero-order valence-corrected chi connectivity index (χ0v) is 12.9. The van der Waals surface area contributed by atoms with E-state index in [2.05, 4.69) is 22.7 Å². The minimum absolute atomic E-state index is 0.0642. The van der Waals surface area contributed by atoms with Gasteiger partial charge in [0.05, 0.1) is 29.6 Å². The highest BCUT2D eigenvalue weighted by molar-refractivity contribution is 6.31. The van der Waals surface area contributed by atoms with Crippen molar-refractivity contribution in [3.8, 4) is 0 Å². The maximum absolute atomic E-state index is 9.21. The number of hydrogen-bond donors (Lipinski definition) is 1. The fraction of sp³-hybridized carbons (Fsp3) is 0.312. The number of hydrogen-bond acceptors (Lipinski definition) is 2. The minimum Gasteiger partial charge on any atom is -0.392 e. The topological polar surface area (TPSA) is 43.0 Å². The molecule has 0 fully saturated rings. The molecule has 0 aliphatic carbocycles. The average Bonchev–Trinajstić information content (AvgIpc) is 3.02. The molecule has 2 aromatic heterocycles. The van der Waals surface area contributed by atoms with Crippen LogP contribution in [0.1, 0.15) is 23.9 Å². The Bertz CT molecular complexity index is 788. The predicted octanol–water partition coefficient (Wildman–Crippen LogP) is 3.36. The number of aliphatic hydroxyl groups is 1. The second-order valence-electron chi connectivity index (χ2n) is 5.16. The monoisotopic (exact) mass is 303 g/mol. The van der Waals surface area contributed by atoms with Crippen molar-refractivity contribution in [2.24, 2.45) is 0 Å². The van der Waals surface area contributed by atoms with Crippen LogP contribution in [0.5, 0.6) is 0 Å². The molecule has 5 heteroatoms. The predicted molar refractivity (Wildman–Crippen MR) is 84.6 cm³/mol. The lowest BCUT2D eigenvalue weighted by molar-refractivity contribution is 0.282. The Morgan fingerprint density at radius 2 is 2.10 bits per heavy atom. The smallest absolute Gasteiger partial charge is 0.0865 e. The lowest BCUT2D eigenvalue weighted by Gasteiger charge is -2.09. The Balaban J connectivity index is 2.02. The van der Waals surface area contributed by atoms with Crippen molar-refractivity contribution in [3.63, 3.8) is 0 Å². The van der Waals surface area contributed by atoms with Crippen molar-refractivity contribution in [1.29, 1.82) is 0 Å². The second-order valence-corrected chi connectivity index (χ2v) is 5.53. The summed E-state index contributed by atoms with van der Waals surface area (Å²) in [4.78, 5) is 0. The van der Waals surface area contributed by atoms with Crippen LogP contribution in [0.4, 0.5) is 0 Å². The first-order valence-corrected chi connectivity index (χ1v) is 7.42. The van der Waals surface area contributed by atoms with Crippen LogP contribution in [-0.2, 0) is 19.7 Å². The number of fused-ring (bicyclic) bond motifs is 1. The molecule has 0 aliphatic rings. The van der Waals surface area contributed by atoms with Gasteiger partial charge in [-0.3, -0.25) is 4.68 Å². The Hall–Kier alpha value is -1.78. The van der Waals surface area contributed by atoms with Crippen molar-refractivity contribution in [2.75, 3.05) is 0 Å². The zero-order chi connectivity index (χ0) is 15.0. The highest BCUT2D eigenvalue weighted by Gasteiger charge is 2.13. The van der Waals surface area contributed by atoms with Crippen molar-refractivity contribution < 1.29 is 5.11 Å². The van der Waals surface area contributed by atoms with Gasteiger partial charge in [-0.1, -0.05) is 17.7 Å². The standard InChI is InChI=1S/C16H18ClN3O/c1-3-20-15(16(17)11(2)18-20)9-19-7-6-13-8-12(10-21)4-5-14(13)19/h4-8,21H,3,9-10H2,1-2H3. The third-order valence-electron chi connectivity index (χ3n) is 3.79. The van der Waals surface area contributed by atoms with Crippen LogP contribution >= 0.6 is 11.6 Å². The summed E-state index contributed by atoms with van der Waals surface area (Å²) >= 11 is 6.38. The summed E-state index contributed by atoms with van der Waals surface area (Å²) in [5.41, 5.74) is 3.95. The molecule has 4 nitrogen and oxygen atoms in total. The molecule has 0 amide bonds. The molecule has 21 heavy (non-hydrogen) atoms. The summed E-state index contributed by atoms with van der Waals surface area (Å²) in [7, 11) is 0. The molecule has 0 aliphatic heterocycles. The van der Waals surface area contributed by atoms with Crippen LogP contribution in [-0.4, -0.2) is 19.5 Å². The fourth-order valence-electron chi connectivity index (χ4n) is 2.67. The minimum atomic E-state index is 0.0642. The number of nitrogens with zero attached hydrogens (tertiary/aromatic N) is 3. The second kappa shape index (κ2) is 5.54. The van der Waals surface area contributed by atoms with Gasteiger partial charge in [-0.05, 0) is 43.0 Å². The van der Waals surface area contributed by atoms with Gasteiger partial charge in [0.1, 0.15) is 0 Å². The maximum Gasteiger partial charge on any atom is 0.0865 e. The van der Waals surface area contributed by atoms with Gasteiger partial charge >= 0.3 is 0 Å². The molecule has 2 heterocycles. The molecule has 0 atom stereocenters. The van der Waals surface area contributed by atoms with E-state index in [1.54, 1.807) is 0 Å². The Morgan fingerprint density at radius 1 is 1.29 bits per heavy atom. The molecule has 0 unspecified atom stereocenters. The average molecular weight is 304 g/mol. The van der Waals surface area contributed by atoms with Crippen LogP contribution in [0.3, 0.4) is 0 Å². The molecule has 1 N–H and O–H groups in total. The van der Waals surface area contributed by atoms with Crippen LogP contribution in [0.15, 0.2) is 30.5 Å². The first-order valence-electron chi connectivity index (χ1n) is 7.04. The van der Waals surface area contributed by atoms with E-state index in [9.17, 15) is 5.11 Å². The summed E-state index contributed by atoms with van der Waals surface area (Å²) in [6, 6.07) is 8.05. The summed E-state index contributed by atoms with van der Waals surface area (Å²) in [6.45, 7) is 5.55. The van der Waals surface area contributed by atoms with Crippen molar-refractivity contribution >= 4 is 22.5 Å². The van der Waals surface area contributed by atoms with Gasteiger partial charge in [0, 0.05) is 18.3 Å². The highest BCUT2D eigenvalue weighted by atomic mass is 35.5. The number of halogens is 1. The molecule has 0 radical (unpaired) electrons. The van der Waals surface area contributed by atoms with E-state index < -0.39 is 0 Å². The van der Waals surface area contributed by atoms with Crippen molar-refractivity contribution in [3.05, 3.63) is 52.4 Å². The molecule has 0 saturated heterocycles. The molecule has 3 rings (SSSR count). The van der Waals surface area contributed by atoms with Crippen molar-refractivity contribution in [1.82, 2.24) is 14.3 Å². The van der Waals surface area contributed by atoms with E-state index in [4.69, 9.17) is 11.6 Å². The van der Waals surface area contributed by atoms with Crippen LogP contribution in [0.25, 0.3) is 10.9 Å². The molecule has 1 aromatic carbocycles. The van der Waals surface area contributed by atoms with Gasteiger partial charge in [0.15, 0.2) is 0 Å². The quantitative estimate of drug-likeness (QED) is 0.803. The van der Waals surface area contributed by atoms with E-state index >= 15 is 0 Å². The number of aliphatic hydroxyl groups excluding tert-OH is 1. The molecular weight excluding hydrogens is 286 g/mol. The molecule has 110 valence electrons. The first kappa shape index (κ1) is 14.2. The van der Waals surface area contributed by atoms with Gasteiger partial charge in [-0.15, -0.1) is 0 Å². The van der Waals surface area contributed by atoms with E-state index in [0.717, 1.165) is 39.4 Å². The number of rotatable bonds is 4. The molecule has 0 bridgehead atoms. The summed E-state index contributed by atoms with van der Waals surface area (Å²) in [5.74, 6) is 0. The van der Waals surface area contributed by atoms with Gasteiger partial charge in [0.2, 0.25) is 0 Å². The van der Waals surface area contributed by atoms with Crippen molar-refractivity contribution in [2.45, 2.75) is 33.5 Å². The number of aryl methyl sites for hydroxylation is 2. The fourth-order valence-corrected chi connectivity index (χ4v) is 2.86. The normalized spacial score (nSPS) is 11.4. The highest BCUT2D eigenvalue weighted by Crippen LogP contribution is 2.24. The molecule has 0 saturated carbocycles. The molecular formula is C16H18ClN3O. The summed E-state index contributed by atoms with van der Waals surface area (Å²) in [6.07, 6.45) is 2.05. The lowest BCUT2D eigenvalue weighted by Crippen LogP contribution is -2.07. The summed E-state index contributed by atoms with van der Waals surface area (Å²) in [5, 5.41) is 15.5. The van der Waals surface area contributed by atoms with Gasteiger partial charge < -0.3 is 9.67 Å². The van der Waals surface area contributed by atoms with E-state index in [0.29, 0.717) is 6.54 Å². The first-order chi connectivity index (χ1) is 10.1. The Morgan fingerprint density at radius 3 is 2.81 bits per heavy atom. The van der Waals surface area contributed by atoms with E-state index in [1.807, 2.05) is 36.0 Å². The number of benzene rings is 1. The van der Waals surface area contributed by atoms with Crippen LogP contribution < -0.4 is 0 Å². The number of aromatic nitrogens is 3. The van der Waals surface area contributed by atoms with Gasteiger partial charge in [-0.25, -0.2) is 0 Å². The largest absolute Gasteiger partial charge is 0.392 e. The Kier molecular flexibility index (Phi) is 3.74. The van der Waals surface area contributed by atoms with Gasteiger partial charge in [-0.2, -0.15) is 5.10 Å². The van der Waals surface area contributed by atoms with Crippen LogP contribution in [0, 0.1) is 6.92 Å². The SMILES string of the molecule is CCn1nc(C)c(Cl)c1Cn1ccc2cc(CO)ccc21. The van der Waals surface area contributed by atoms with Crippen LogP contribution in [0.2, 0.25) is 5.02 Å². The maximum atomic E-state index is 9.21. The third kappa shape index (κ3) is 2.45.